The van der Waals surface area contributed by atoms with Crippen LogP contribution in [-0.4, -0.2) is 10.2 Å². The number of H-pyrrole nitrogens is 1. The molecule has 23 heavy (non-hydrogen) atoms. The van der Waals surface area contributed by atoms with Gasteiger partial charge in [-0.25, -0.2) is 0 Å². The van der Waals surface area contributed by atoms with E-state index < -0.39 is 0 Å². The summed E-state index contributed by atoms with van der Waals surface area (Å²) in [4.78, 5) is 0. The van der Waals surface area contributed by atoms with Crippen molar-refractivity contribution in [1.29, 1.82) is 5.26 Å². The molecule has 2 aromatic heterocycles. The molecular weight excluding hydrogens is 292 g/mol. The highest BCUT2D eigenvalue weighted by Gasteiger charge is 2.34. The molecule has 0 saturated carbocycles. The van der Waals surface area contributed by atoms with Crippen LogP contribution in [0.4, 0.5) is 0 Å². The number of hydrogen-bond acceptors (Lipinski definition) is 5. The van der Waals surface area contributed by atoms with Crippen LogP contribution in [0.5, 0.6) is 5.88 Å². The lowest BCUT2D eigenvalue weighted by atomic mass is 9.83. The number of ether oxygens (including phenoxy) is 1. The Morgan fingerprint density at radius 2 is 2.39 bits per heavy atom. The summed E-state index contributed by atoms with van der Waals surface area (Å²) in [6, 6.07) is 5.87. The monoisotopic (exact) mass is 310 g/mol. The van der Waals surface area contributed by atoms with Crippen LogP contribution in [-0.2, 0) is 6.42 Å². The average molecular weight is 310 g/mol. The van der Waals surface area contributed by atoms with Gasteiger partial charge in [-0.3, -0.25) is 5.10 Å². The summed E-state index contributed by atoms with van der Waals surface area (Å²) >= 11 is 0. The van der Waals surface area contributed by atoms with Gasteiger partial charge in [0.05, 0.1) is 12.2 Å². The molecule has 1 atom stereocenters. The van der Waals surface area contributed by atoms with Crippen molar-refractivity contribution < 1.29 is 9.15 Å². The number of furan rings is 1. The number of hydrogen-bond donors (Lipinski definition) is 2. The van der Waals surface area contributed by atoms with Gasteiger partial charge in [-0.05, 0) is 31.6 Å². The lowest BCUT2D eigenvalue weighted by Gasteiger charge is -2.24. The Morgan fingerprint density at radius 1 is 1.57 bits per heavy atom. The van der Waals surface area contributed by atoms with E-state index in [1.54, 1.807) is 6.26 Å². The number of nitrogens with one attached hydrogen (secondary N) is 1. The molecule has 6 heteroatoms. The molecule has 0 radical (unpaired) electrons. The largest absolute Gasteiger partial charge is 0.465 e. The first-order valence-corrected chi connectivity index (χ1v) is 7.52. The Balaban J connectivity index is 2.12. The summed E-state index contributed by atoms with van der Waals surface area (Å²) in [5.74, 6) is 0.995. The van der Waals surface area contributed by atoms with Crippen LogP contribution in [0.3, 0.4) is 0 Å². The number of nitrogens with two attached hydrogens (primary N) is 1. The maximum atomic E-state index is 9.54. The van der Waals surface area contributed by atoms with Crippen molar-refractivity contribution in [3.63, 3.8) is 0 Å². The number of nitrogens with zero attached hydrogens (tertiary/aromatic N) is 2. The fourth-order valence-electron chi connectivity index (χ4n) is 2.89. The van der Waals surface area contributed by atoms with Gasteiger partial charge in [0, 0.05) is 11.3 Å². The van der Waals surface area contributed by atoms with E-state index in [1.807, 2.05) is 25.1 Å². The van der Waals surface area contributed by atoms with Gasteiger partial charge in [-0.1, -0.05) is 18.9 Å². The predicted octanol–water partition coefficient (Wildman–Crippen LogP) is 3.23. The maximum absolute atomic E-state index is 9.54. The summed E-state index contributed by atoms with van der Waals surface area (Å²) in [5, 5.41) is 16.8. The Bertz CT molecular complexity index is 806. The molecule has 3 N–H and O–H groups in total. The minimum atomic E-state index is -0.283. The minimum absolute atomic E-state index is 0.103. The second-order valence-corrected chi connectivity index (χ2v) is 5.50. The first-order chi connectivity index (χ1) is 11.2. The van der Waals surface area contributed by atoms with Crippen molar-refractivity contribution in [2.24, 2.45) is 5.73 Å². The molecule has 3 rings (SSSR count). The molecule has 6 nitrogen and oxygen atoms in total. The zero-order valence-electron chi connectivity index (χ0n) is 13.1. The highest BCUT2D eigenvalue weighted by atomic mass is 16.5. The molecular formula is C17H18N4O2. The van der Waals surface area contributed by atoms with E-state index in [-0.39, 0.29) is 11.8 Å². The third kappa shape index (κ3) is 2.61. The summed E-state index contributed by atoms with van der Waals surface area (Å²) in [7, 11) is 0. The van der Waals surface area contributed by atoms with Crippen LogP contribution in [0.25, 0.3) is 6.08 Å². The maximum Gasteiger partial charge on any atom is 0.244 e. The first kappa shape index (κ1) is 15.0. The van der Waals surface area contributed by atoms with Crippen molar-refractivity contribution in [3.05, 3.63) is 52.4 Å². The van der Waals surface area contributed by atoms with Crippen LogP contribution < -0.4 is 10.5 Å². The fraction of sp³-hybridized carbons (Fsp3) is 0.294. The van der Waals surface area contributed by atoms with Crippen LogP contribution in [0, 0.1) is 11.3 Å². The summed E-state index contributed by atoms with van der Waals surface area (Å²) in [6.07, 6.45) is 5.32. The van der Waals surface area contributed by atoms with E-state index in [0.717, 1.165) is 35.4 Å². The van der Waals surface area contributed by atoms with Crippen molar-refractivity contribution in [2.45, 2.75) is 32.6 Å². The molecule has 0 aromatic carbocycles. The van der Waals surface area contributed by atoms with Gasteiger partial charge in [0.25, 0.3) is 0 Å². The molecule has 2 aromatic rings. The zero-order valence-corrected chi connectivity index (χ0v) is 13.1. The van der Waals surface area contributed by atoms with E-state index in [1.165, 1.54) is 0 Å². The second kappa shape index (κ2) is 6.05. The molecule has 3 heterocycles. The van der Waals surface area contributed by atoms with Gasteiger partial charge in [-0.15, -0.1) is 5.10 Å². The van der Waals surface area contributed by atoms with Crippen LogP contribution in [0.1, 0.15) is 43.2 Å². The Kier molecular flexibility index (Phi) is 3.94. The third-order valence-electron chi connectivity index (χ3n) is 3.89. The highest BCUT2D eigenvalue weighted by molar-refractivity contribution is 5.60. The van der Waals surface area contributed by atoms with Crippen molar-refractivity contribution in [1.82, 2.24) is 10.2 Å². The number of aromatic nitrogens is 2. The van der Waals surface area contributed by atoms with Crippen molar-refractivity contribution in [3.8, 4) is 11.9 Å². The molecule has 1 aliphatic heterocycles. The molecule has 0 spiro atoms. The molecule has 0 saturated heterocycles. The number of rotatable bonds is 4. The van der Waals surface area contributed by atoms with E-state index in [9.17, 15) is 5.26 Å². The standard InChI is InChI=1S/C17H18N4O2/c1-3-5-13-15-14(10(2)8-11-6-4-7-22-11)12(9-18)16(19)23-17(15)21-20-13/h4,6-8,14H,3,5,19H2,1-2H3,(H,20,21). The molecule has 118 valence electrons. The van der Waals surface area contributed by atoms with Gasteiger partial charge in [0.2, 0.25) is 11.8 Å². The molecule has 1 aliphatic rings. The Hall–Kier alpha value is -2.94. The van der Waals surface area contributed by atoms with E-state index in [2.05, 4.69) is 23.2 Å². The lowest BCUT2D eigenvalue weighted by molar-refractivity contribution is 0.378. The van der Waals surface area contributed by atoms with E-state index in [4.69, 9.17) is 14.9 Å². The smallest absolute Gasteiger partial charge is 0.244 e. The van der Waals surface area contributed by atoms with Gasteiger partial charge in [-0.2, -0.15) is 5.26 Å². The van der Waals surface area contributed by atoms with E-state index >= 15 is 0 Å². The predicted molar refractivity (Wildman–Crippen MR) is 85.1 cm³/mol. The third-order valence-corrected chi connectivity index (χ3v) is 3.89. The van der Waals surface area contributed by atoms with Crippen LogP contribution >= 0.6 is 0 Å². The summed E-state index contributed by atoms with van der Waals surface area (Å²) < 4.78 is 10.9. The van der Waals surface area contributed by atoms with Crippen molar-refractivity contribution in [2.75, 3.05) is 0 Å². The molecule has 0 fully saturated rings. The van der Waals surface area contributed by atoms with Gasteiger partial charge in [0.15, 0.2) is 0 Å². The SMILES string of the molecule is CCCc1[nH]nc2c1C(C(C)=Cc1ccco1)C(C#N)=C(N)O2. The number of aromatic amines is 1. The molecule has 1 unspecified atom stereocenters. The normalized spacial score (nSPS) is 17.6. The average Bonchev–Trinajstić information content (AvgIpc) is 3.16. The number of aryl methyl sites for hydroxylation is 1. The van der Waals surface area contributed by atoms with Crippen molar-refractivity contribution >= 4 is 6.08 Å². The Labute approximate surface area is 134 Å². The van der Waals surface area contributed by atoms with Crippen LogP contribution in [0.2, 0.25) is 0 Å². The number of fused-ring (bicyclic) bond motifs is 1. The number of allylic oxidation sites excluding steroid dienone is 2. The summed E-state index contributed by atoms with van der Waals surface area (Å²) in [6.45, 7) is 4.04. The minimum Gasteiger partial charge on any atom is -0.465 e. The quantitative estimate of drug-likeness (QED) is 0.902. The molecule has 0 bridgehead atoms. The Morgan fingerprint density at radius 3 is 3.04 bits per heavy atom. The van der Waals surface area contributed by atoms with Gasteiger partial charge in [0.1, 0.15) is 17.4 Å². The number of nitriles is 1. The zero-order chi connectivity index (χ0) is 16.4. The molecule has 0 aliphatic carbocycles. The second-order valence-electron chi connectivity index (χ2n) is 5.50. The van der Waals surface area contributed by atoms with Crippen LogP contribution in [0.15, 0.2) is 39.8 Å². The molecule has 0 amide bonds. The lowest BCUT2D eigenvalue weighted by Crippen LogP contribution is -2.21. The summed E-state index contributed by atoms with van der Waals surface area (Å²) in [5.41, 5.74) is 9.13. The fourth-order valence-corrected chi connectivity index (χ4v) is 2.89. The first-order valence-electron chi connectivity index (χ1n) is 7.52. The highest BCUT2D eigenvalue weighted by Crippen LogP contribution is 2.43. The van der Waals surface area contributed by atoms with Gasteiger partial charge < -0.3 is 14.9 Å². The topological polar surface area (TPSA) is 101 Å². The van der Waals surface area contributed by atoms with E-state index in [0.29, 0.717) is 11.5 Å². The van der Waals surface area contributed by atoms with Gasteiger partial charge >= 0.3 is 0 Å².